The average molecular weight is 259 g/mol. The molecule has 0 aliphatic rings. The van der Waals surface area contributed by atoms with Gasteiger partial charge >= 0.3 is 0 Å². The number of rotatable bonds is 6. The van der Waals surface area contributed by atoms with Crippen molar-refractivity contribution in [3.8, 4) is 0 Å². The fraction of sp³-hybridized carbons (Fsp3) is 0.375. The van der Waals surface area contributed by atoms with Gasteiger partial charge in [-0.3, -0.25) is 0 Å². The van der Waals surface area contributed by atoms with Crippen LogP contribution in [0.15, 0.2) is 18.9 Å². The summed E-state index contributed by atoms with van der Waals surface area (Å²) in [6.45, 7) is 7.99. The van der Waals surface area contributed by atoms with Gasteiger partial charge in [-0.15, -0.1) is 0 Å². The SMILES string of the molecule is C=Cc1c(CCC(C)N)c(/C=C\N)n(C)c1/C=C\C. The molecule has 1 rings (SSSR count). The predicted molar refractivity (Wildman–Crippen MR) is 85.4 cm³/mol. The Labute approximate surface area is 116 Å². The number of hydrogen-bond donors (Lipinski definition) is 2. The second kappa shape index (κ2) is 7.00. The summed E-state index contributed by atoms with van der Waals surface area (Å²) in [4.78, 5) is 0. The molecule has 3 nitrogen and oxygen atoms in total. The van der Waals surface area contributed by atoms with Crippen molar-refractivity contribution in [3.05, 3.63) is 41.4 Å². The minimum atomic E-state index is 0.192. The van der Waals surface area contributed by atoms with Crippen LogP contribution in [0.1, 0.15) is 42.8 Å². The van der Waals surface area contributed by atoms with Gasteiger partial charge in [0.25, 0.3) is 0 Å². The Morgan fingerprint density at radius 1 is 1.32 bits per heavy atom. The van der Waals surface area contributed by atoms with E-state index in [-0.39, 0.29) is 6.04 Å². The lowest BCUT2D eigenvalue weighted by Gasteiger charge is -2.07. The summed E-state index contributed by atoms with van der Waals surface area (Å²) in [6.07, 6.45) is 11.5. The summed E-state index contributed by atoms with van der Waals surface area (Å²) in [5.74, 6) is 0. The Bertz CT molecular complexity index is 491. The molecule has 1 atom stereocenters. The van der Waals surface area contributed by atoms with E-state index in [0.29, 0.717) is 0 Å². The molecule has 0 fully saturated rings. The number of nitrogens with two attached hydrogens (primary N) is 2. The van der Waals surface area contributed by atoms with E-state index in [9.17, 15) is 0 Å². The maximum atomic E-state index is 5.87. The number of nitrogens with zero attached hydrogens (tertiary/aromatic N) is 1. The molecule has 0 aliphatic carbocycles. The van der Waals surface area contributed by atoms with Gasteiger partial charge in [0.2, 0.25) is 0 Å². The Kier molecular flexibility index (Phi) is 5.64. The molecule has 1 aromatic rings. The van der Waals surface area contributed by atoms with Crippen molar-refractivity contribution < 1.29 is 0 Å². The van der Waals surface area contributed by atoms with Crippen molar-refractivity contribution in [2.45, 2.75) is 32.7 Å². The molecule has 3 heteroatoms. The minimum Gasteiger partial charge on any atom is -0.405 e. The van der Waals surface area contributed by atoms with Crippen LogP contribution in [-0.4, -0.2) is 10.6 Å². The summed E-state index contributed by atoms with van der Waals surface area (Å²) in [5, 5.41) is 0. The highest BCUT2D eigenvalue weighted by Crippen LogP contribution is 2.27. The van der Waals surface area contributed by atoms with Gasteiger partial charge in [0.1, 0.15) is 0 Å². The zero-order chi connectivity index (χ0) is 14.4. The largest absolute Gasteiger partial charge is 0.405 e. The molecule has 0 radical (unpaired) electrons. The molecule has 0 bridgehead atoms. The van der Waals surface area contributed by atoms with Gasteiger partial charge in [-0.05, 0) is 50.6 Å². The van der Waals surface area contributed by atoms with Crippen LogP contribution in [0.25, 0.3) is 18.2 Å². The van der Waals surface area contributed by atoms with Crippen molar-refractivity contribution in [1.29, 1.82) is 0 Å². The van der Waals surface area contributed by atoms with Crippen LogP contribution in [-0.2, 0) is 13.5 Å². The third-order valence-electron chi connectivity index (χ3n) is 3.27. The van der Waals surface area contributed by atoms with Crippen molar-refractivity contribution in [2.24, 2.45) is 18.5 Å². The van der Waals surface area contributed by atoms with Crippen LogP contribution in [0.3, 0.4) is 0 Å². The number of hydrogen-bond acceptors (Lipinski definition) is 2. The Morgan fingerprint density at radius 2 is 2.00 bits per heavy atom. The maximum absolute atomic E-state index is 5.87. The fourth-order valence-electron chi connectivity index (χ4n) is 2.33. The number of aromatic nitrogens is 1. The predicted octanol–water partition coefficient (Wildman–Crippen LogP) is 2.91. The molecule has 0 amide bonds. The molecule has 0 saturated carbocycles. The van der Waals surface area contributed by atoms with Crippen LogP contribution < -0.4 is 11.5 Å². The third-order valence-corrected chi connectivity index (χ3v) is 3.27. The molecule has 19 heavy (non-hydrogen) atoms. The molecule has 0 spiro atoms. The highest BCUT2D eigenvalue weighted by atomic mass is 15.0. The minimum absolute atomic E-state index is 0.192. The second-order valence-electron chi connectivity index (χ2n) is 4.80. The molecule has 1 heterocycles. The molecule has 1 unspecified atom stereocenters. The summed E-state index contributed by atoms with van der Waals surface area (Å²) < 4.78 is 2.15. The molecular weight excluding hydrogens is 234 g/mol. The fourth-order valence-corrected chi connectivity index (χ4v) is 2.33. The van der Waals surface area contributed by atoms with Gasteiger partial charge in [-0.2, -0.15) is 0 Å². The lowest BCUT2D eigenvalue weighted by Crippen LogP contribution is -2.15. The quantitative estimate of drug-likeness (QED) is 0.825. The number of allylic oxidation sites excluding steroid dienone is 1. The summed E-state index contributed by atoms with van der Waals surface area (Å²) in [5.41, 5.74) is 16.2. The van der Waals surface area contributed by atoms with Crippen LogP contribution in [0, 0.1) is 0 Å². The van der Waals surface area contributed by atoms with Gasteiger partial charge in [0.15, 0.2) is 0 Å². The van der Waals surface area contributed by atoms with Gasteiger partial charge in [0, 0.05) is 30.0 Å². The van der Waals surface area contributed by atoms with Crippen LogP contribution in [0.5, 0.6) is 0 Å². The van der Waals surface area contributed by atoms with Gasteiger partial charge in [-0.1, -0.05) is 18.7 Å². The monoisotopic (exact) mass is 259 g/mol. The van der Waals surface area contributed by atoms with E-state index in [4.69, 9.17) is 11.5 Å². The van der Waals surface area contributed by atoms with E-state index in [1.54, 1.807) is 6.20 Å². The first kappa shape index (κ1) is 15.3. The van der Waals surface area contributed by atoms with Gasteiger partial charge in [0.05, 0.1) is 0 Å². The van der Waals surface area contributed by atoms with Crippen molar-refractivity contribution in [2.75, 3.05) is 0 Å². The average Bonchev–Trinajstić information content (AvgIpc) is 2.62. The third kappa shape index (κ3) is 3.38. The van der Waals surface area contributed by atoms with E-state index in [1.165, 1.54) is 11.1 Å². The molecule has 104 valence electrons. The zero-order valence-electron chi connectivity index (χ0n) is 12.2. The smallest absolute Gasteiger partial charge is 0.0481 e. The van der Waals surface area contributed by atoms with E-state index in [0.717, 1.165) is 24.2 Å². The van der Waals surface area contributed by atoms with Crippen LogP contribution in [0.4, 0.5) is 0 Å². The normalized spacial score (nSPS) is 13.5. The topological polar surface area (TPSA) is 57.0 Å². The Hall–Kier alpha value is -1.74. The first-order valence-electron chi connectivity index (χ1n) is 6.67. The van der Waals surface area contributed by atoms with E-state index in [1.807, 2.05) is 39.1 Å². The van der Waals surface area contributed by atoms with Crippen LogP contribution in [0.2, 0.25) is 0 Å². The van der Waals surface area contributed by atoms with E-state index >= 15 is 0 Å². The van der Waals surface area contributed by atoms with Gasteiger partial charge < -0.3 is 16.0 Å². The highest BCUT2D eigenvalue weighted by molar-refractivity contribution is 5.71. The highest BCUT2D eigenvalue weighted by Gasteiger charge is 2.15. The molecular formula is C16H25N3. The first-order chi connectivity index (χ1) is 9.06. The van der Waals surface area contributed by atoms with Gasteiger partial charge in [-0.25, -0.2) is 0 Å². The summed E-state index contributed by atoms with van der Waals surface area (Å²) >= 11 is 0. The molecule has 0 aromatic carbocycles. The Balaban J connectivity index is 3.38. The lowest BCUT2D eigenvalue weighted by molar-refractivity contribution is 0.664. The molecule has 0 saturated heterocycles. The zero-order valence-corrected chi connectivity index (χ0v) is 12.2. The first-order valence-corrected chi connectivity index (χ1v) is 6.67. The van der Waals surface area contributed by atoms with Crippen molar-refractivity contribution >= 4 is 18.2 Å². The standard InChI is InChI=1S/C16H25N3/c1-5-7-15-13(6-2)14(9-8-12(3)18)16(10-11-17)19(15)4/h5-7,10-12H,2,8-9,17-18H2,1,3-4H3/b7-5-,11-10-. The molecule has 0 aliphatic heterocycles. The van der Waals surface area contributed by atoms with Crippen molar-refractivity contribution in [1.82, 2.24) is 4.57 Å². The second-order valence-corrected chi connectivity index (χ2v) is 4.80. The van der Waals surface area contributed by atoms with Crippen molar-refractivity contribution in [3.63, 3.8) is 0 Å². The lowest BCUT2D eigenvalue weighted by atomic mass is 10.0. The van der Waals surface area contributed by atoms with Crippen LogP contribution >= 0.6 is 0 Å². The Morgan fingerprint density at radius 3 is 2.47 bits per heavy atom. The summed E-state index contributed by atoms with van der Waals surface area (Å²) in [7, 11) is 2.05. The van der Waals surface area contributed by atoms with E-state index in [2.05, 4.69) is 17.2 Å². The molecule has 4 N–H and O–H groups in total. The maximum Gasteiger partial charge on any atom is 0.0481 e. The molecule has 1 aromatic heterocycles. The van der Waals surface area contributed by atoms with E-state index < -0.39 is 0 Å². The summed E-state index contributed by atoms with van der Waals surface area (Å²) in [6, 6.07) is 0.192.